The van der Waals surface area contributed by atoms with Crippen LogP contribution in [0.5, 0.6) is 0 Å². The second kappa shape index (κ2) is 6.46. The molecule has 0 atom stereocenters. The van der Waals surface area contributed by atoms with E-state index in [9.17, 15) is 5.26 Å². The van der Waals surface area contributed by atoms with Gasteiger partial charge in [-0.1, -0.05) is 38.1 Å². The molecular weight excluding hydrogens is 288 g/mol. The number of nitriles is 1. The van der Waals surface area contributed by atoms with E-state index in [-0.39, 0.29) is 0 Å². The van der Waals surface area contributed by atoms with Crippen LogP contribution in [0.4, 0.5) is 5.00 Å². The molecule has 22 heavy (non-hydrogen) atoms. The van der Waals surface area contributed by atoms with Crippen molar-refractivity contribution in [2.24, 2.45) is 4.99 Å². The molecule has 0 radical (unpaired) electrons. The number of hydrogen-bond acceptors (Lipinski definition) is 3. The maximum absolute atomic E-state index is 9.44. The molecule has 0 spiro atoms. The molecule has 1 aliphatic rings. The van der Waals surface area contributed by atoms with E-state index in [4.69, 9.17) is 0 Å². The topological polar surface area (TPSA) is 36.1 Å². The number of aryl methyl sites for hydroxylation is 1. The fraction of sp³-hybridized carbons (Fsp3) is 0.368. The summed E-state index contributed by atoms with van der Waals surface area (Å²) in [4.78, 5) is 5.96. The molecule has 1 aliphatic carbocycles. The molecule has 112 valence electrons. The summed E-state index contributed by atoms with van der Waals surface area (Å²) in [6.45, 7) is 4.39. The van der Waals surface area contributed by atoms with Crippen molar-refractivity contribution in [2.45, 2.75) is 45.4 Å². The number of benzene rings is 1. The zero-order valence-corrected chi connectivity index (χ0v) is 13.9. The first kappa shape index (κ1) is 15.0. The second-order valence-corrected chi connectivity index (χ2v) is 7.17. The van der Waals surface area contributed by atoms with Crippen molar-refractivity contribution in [3.63, 3.8) is 0 Å². The molecule has 0 amide bonds. The first-order valence-corrected chi connectivity index (χ1v) is 8.69. The van der Waals surface area contributed by atoms with Crippen molar-refractivity contribution in [1.29, 1.82) is 5.26 Å². The summed E-state index contributed by atoms with van der Waals surface area (Å²) in [6.07, 6.45) is 6.44. The minimum atomic E-state index is 0.542. The lowest BCUT2D eigenvalue weighted by Crippen LogP contribution is -1.99. The number of nitrogens with zero attached hydrogens (tertiary/aromatic N) is 2. The lowest BCUT2D eigenvalue weighted by atomic mass is 9.96. The van der Waals surface area contributed by atoms with Crippen molar-refractivity contribution in [3.8, 4) is 6.07 Å². The van der Waals surface area contributed by atoms with Gasteiger partial charge in [-0.05, 0) is 48.3 Å². The number of thiophene rings is 1. The Morgan fingerprint density at radius 3 is 2.59 bits per heavy atom. The van der Waals surface area contributed by atoms with E-state index >= 15 is 0 Å². The minimum Gasteiger partial charge on any atom is -0.244 e. The first-order chi connectivity index (χ1) is 10.7. The molecule has 3 rings (SSSR count). The van der Waals surface area contributed by atoms with E-state index in [1.54, 1.807) is 11.3 Å². The van der Waals surface area contributed by atoms with E-state index in [0.29, 0.717) is 5.92 Å². The fourth-order valence-electron chi connectivity index (χ4n) is 2.86. The third-order valence-electron chi connectivity index (χ3n) is 4.20. The SMILES string of the molecule is CC(C)c1ccc(C=Nc2sc3c(c2C#N)CCCC3)cc1. The van der Waals surface area contributed by atoms with E-state index in [2.05, 4.69) is 49.2 Å². The highest BCUT2D eigenvalue weighted by Gasteiger charge is 2.19. The predicted octanol–water partition coefficient (Wildman–Crippen LogP) is 5.37. The molecular formula is C19H20N2S. The van der Waals surface area contributed by atoms with Crippen LogP contribution in [0.25, 0.3) is 0 Å². The molecule has 2 aromatic rings. The first-order valence-electron chi connectivity index (χ1n) is 7.87. The summed E-state index contributed by atoms with van der Waals surface area (Å²) in [5, 5.41) is 10.3. The Morgan fingerprint density at radius 2 is 1.91 bits per heavy atom. The van der Waals surface area contributed by atoms with Crippen molar-refractivity contribution in [2.75, 3.05) is 0 Å². The van der Waals surface area contributed by atoms with Crippen LogP contribution in [0.3, 0.4) is 0 Å². The van der Waals surface area contributed by atoms with Gasteiger partial charge in [-0.25, -0.2) is 4.99 Å². The Bertz CT molecular complexity index is 730. The summed E-state index contributed by atoms with van der Waals surface area (Å²) in [6, 6.07) is 10.9. The highest BCUT2D eigenvalue weighted by Crippen LogP contribution is 2.39. The molecule has 0 unspecified atom stereocenters. The number of aliphatic imine (C=N–C) groups is 1. The van der Waals surface area contributed by atoms with Gasteiger partial charge in [-0.3, -0.25) is 0 Å². The predicted molar refractivity (Wildman–Crippen MR) is 93.5 cm³/mol. The largest absolute Gasteiger partial charge is 0.244 e. The van der Waals surface area contributed by atoms with Gasteiger partial charge < -0.3 is 0 Å². The standard InChI is InChI=1S/C19H20N2S/c1-13(2)15-9-7-14(8-10-15)12-21-19-17(11-20)16-5-3-4-6-18(16)22-19/h7-10,12-13H,3-6H2,1-2H3. The van der Waals surface area contributed by atoms with Crippen molar-refractivity contribution in [3.05, 3.63) is 51.4 Å². The molecule has 0 saturated carbocycles. The number of rotatable bonds is 3. The van der Waals surface area contributed by atoms with Crippen LogP contribution in [-0.2, 0) is 12.8 Å². The van der Waals surface area contributed by atoms with Crippen LogP contribution in [0, 0.1) is 11.3 Å². The van der Waals surface area contributed by atoms with Crippen LogP contribution >= 0.6 is 11.3 Å². The molecule has 1 heterocycles. The van der Waals surface area contributed by atoms with Crippen molar-refractivity contribution in [1.82, 2.24) is 0 Å². The molecule has 0 aliphatic heterocycles. The van der Waals surface area contributed by atoms with Crippen LogP contribution in [-0.4, -0.2) is 6.21 Å². The lowest BCUT2D eigenvalue weighted by Gasteiger charge is -2.09. The van der Waals surface area contributed by atoms with Gasteiger partial charge in [0, 0.05) is 11.1 Å². The Hall–Kier alpha value is -1.92. The third-order valence-corrected chi connectivity index (χ3v) is 5.40. The molecule has 1 aromatic carbocycles. The van der Waals surface area contributed by atoms with Gasteiger partial charge in [0.1, 0.15) is 11.1 Å². The van der Waals surface area contributed by atoms with Gasteiger partial charge in [0.25, 0.3) is 0 Å². The Morgan fingerprint density at radius 1 is 1.18 bits per heavy atom. The molecule has 2 nitrogen and oxygen atoms in total. The summed E-state index contributed by atoms with van der Waals surface area (Å²) < 4.78 is 0. The van der Waals surface area contributed by atoms with E-state index in [1.165, 1.54) is 28.8 Å². The fourth-order valence-corrected chi connectivity index (χ4v) is 4.04. The summed E-state index contributed by atoms with van der Waals surface area (Å²) >= 11 is 1.69. The quantitative estimate of drug-likeness (QED) is 0.702. The number of hydrogen-bond donors (Lipinski definition) is 0. The summed E-state index contributed by atoms with van der Waals surface area (Å²) in [7, 11) is 0. The summed E-state index contributed by atoms with van der Waals surface area (Å²) in [5.74, 6) is 0.542. The smallest absolute Gasteiger partial charge is 0.134 e. The normalized spacial score (nSPS) is 14.3. The van der Waals surface area contributed by atoms with Crippen molar-refractivity contribution < 1.29 is 0 Å². The molecule has 3 heteroatoms. The maximum atomic E-state index is 9.44. The second-order valence-electron chi connectivity index (χ2n) is 6.08. The van der Waals surface area contributed by atoms with Gasteiger partial charge in [0.2, 0.25) is 0 Å². The van der Waals surface area contributed by atoms with Gasteiger partial charge in [-0.2, -0.15) is 5.26 Å². The summed E-state index contributed by atoms with van der Waals surface area (Å²) in [5.41, 5.74) is 4.47. The van der Waals surface area contributed by atoms with Crippen LogP contribution in [0.2, 0.25) is 0 Å². The number of fused-ring (bicyclic) bond motifs is 1. The molecule has 0 bridgehead atoms. The molecule has 0 N–H and O–H groups in total. The Kier molecular flexibility index (Phi) is 4.40. The van der Waals surface area contributed by atoms with E-state index in [0.717, 1.165) is 29.0 Å². The van der Waals surface area contributed by atoms with E-state index in [1.807, 2.05) is 6.21 Å². The Labute approximate surface area is 136 Å². The zero-order valence-electron chi connectivity index (χ0n) is 13.1. The van der Waals surface area contributed by atoms with Crippen LogP contribution < -0.4 is 0 Å². The average Bonchev–Trinajstić information content (AvgIpc) is 2.90. The minimum absolute atomic E-state index is 0.542. The van der Waals surface area contributed by atoms with Gasteiger partial charge in [-0.15, -0.1) is 11.3 Å². The Balaban J connectivity index is 1.86. The average molecular weight is 308 g/mol. The lowest BCUT2D eigenvalue weighted by molar-refractivity contribution is 0.696. The third kappa shape index (κ3) is 2.98. The molecule has 0 fully saturated rings. The maximum Gasteiger partial charge on any atom is 0.134 e. The highest BCUT2D eigenvalue weighted by molar-refractivity contribution is 7.16. The van der Waals surface area contributed by atoms with Gasteiger partial charge >= 0.3 is 0 Å². The van der Waals surface area contributed by atoms with Crippen LogP contribution in [0.15, 0.2) is 29.3 Å². The highest BCUT2D eigenvalue weighted by atomic mass is 32.1. The molecule has 0 saturated heterocycles. The molecule has 1 aromatic heterocycles. The van der Waals surface area contributed by atoms with Crippen LogP contribution in [0.1, 0.15) is 59.7 Å². The van der Waals surface area contributed by atoms with Crippen molar-refractivity contribution >= 4 is 22.6 Å². The van der Waals surface area contributed by atoms with E-state index < -0.39 is 0 Å². The monoisotopic (exact) mass is 308 g/mol. The van der Waals surface area contributed by atoms with Gasteiger partial charge in [0.15, 0.2) is 0 Å². The van der Waals surface area contributed by atoms with Gasteiger partial charge in [0.05, 0.1) is 5.56 Å². The zero-order chi connectivity index (χ0) is 15.5.